The molecular formula is C4H6O. The van der Waals surface area contributed by atoms with Gasteiger partial charge >= 0.3 is 0 Å². The summed E-state index contributed by atoms with van der Waals surface area (Å²) in [5.74, 6) is 0. The van der Waals surface area contributed by atoms with Gasteiger partial charge in [0.1, 0.15) is 0 Å². The molecule has 2 radical (unpaired) electrons. The van der Waals surface area contributed by atoms with Crippen molar-refractivity contribution in [2.45, 2.75) is 12.2 Å². The average Bonchev–Trinajstić information content (AvgIpc) is 1.79. The van der Waals surface area contributed by atoms with Gasteiger partial charge in [0.15, 0.2) is 0 Å². The van der Waals surface area contributed by atoms with Crippen LogP contribution in [0.25, 0.3) is 0 Å². The van der Waals surface area contributed by atoms with Crippen LogP contribution in [0.2, 0.25) is 0 Å². The lowest BCUT2D eigenvalue weighted by Gasteiger charge is -1.56. The molecule has 0 bridgehead atoms. The normalized spacial score (nSPS) is 49.2. The van der Waals surface area contributed by atoms with E-state index in [4.69, 9.17) is 4.74 Å². The van der Waals surface area contributed by atoms with E-state index < -0.39 is 0 Å². The van der Waals surface area contributed by atoms with Crippen LogP contribution in [0, 0.1) is 13.8 Å². The van der Waals surface area contributed by atoms with Gasteiger partial charge in [0, 0.05) is 0 Å². The van der Waals surface area contributed by atoms with Crippen molar-refractivity contribution < 1.29 is 4.74 Å². The standard InChI is InChI=1S/C4H6O/c1-3-4(2)5-3/h3-4H,1-2H2. The molecule has 2 unspecified atom stereocenters. The predicted molar refractivity (Wildman–Crippen MR) is 19.4 cm³/mol. The summed E-state index contributed by atoms with van der Waals surface area (Å²) in [6.07, 6.45) is 0.380. The van der Waals surface area contributed by atoms with E-state index >= 15 is 0 Å². The Kier molecular flexibility index (Phi) is 0.453. The maximum absolute atomic E-state index is 4.69. The Hall–Kier alpha value is -0.0400. The van der Waals surface area contributed by atoms with Crippen molar-refractivity contribution in [3.05, 3.63) is 13.8 Å². The lowest BCUT2D eigenvalue weighted by Crippen LogP contribution is -1.75. The molecule has 0 aromatic heterocycles. The zero-order valence-corrected chi connectivity index (χ0v) is 2.98. The topological polar surface area (TPSA) is 12.5 Å². The first-order valence-electron chi connectivity index (χ1n) is 1.62. The first-order chi connectivity index (χ1) is 2.30. The van der Waals surface area contributed by atoms with Gasteiger partial charge in [-0.2, -0.15) is 0 Å². The molecule has 0 aromatic carbocycles. The van der Waals surface area contributed by atoms with E-state index in [0.717, 1.165) is 0 Å². The summed E-state index contributed by atoms with van der Waals surface area (Å²) in [7, 11) is 0. The van der Waals surface area contributed by atoms with Crippen molar-refractivity contribution >= 4 is 0 Å². The summed E-state index contributed by atoms with van der Waals surface area (Å²) >= 11 is 0. The highest BCUT2D eigenvalue weighted by Gasteiger charge is 2.28. The molecule has 0 amide bonds. The van der Waals surface area contributed by atoms with E-state index in [9.17, 15) is 0 Å². The third-order valence-electron chi connectivity index (χ3n) is 0.688. The first kappa shape index (κ1) is 3.16. The molecule has 1 heterocycles. The smallest absolute Gasteiger partial charge is 0.0842 e. The number of hydrogen-bond acceptors (Lipinski definition) is 1. The van der Waals surface area contributed by atoms with Crippen molar-refractivity contribution in [1.29, 1.82) is 0 Å². The second-order valence-electron chi connectivity index (χ2n) is 1.21. The fourth-order valence-corrected chi connectivity index (χ4v) is 0.179. The minimum absolute atomic E-state index is 0.190. The van der Waals surface area contributed by atoms with Gasteiger partial charge < -0.3 is 4.74 Å². The van der Waals surface area contributed by atoms with E-state index in [1.54, 1.807) is 0 Å². The molecule has 1 saturated heterocycles. The molecule has 0 spiro atoms. The Labute approximate surface area is 31.9 Å². The molecule has 28 valence electrons. The van der Waals surface area contributed by atoms with Crippen LogP contribution in [0.15, 0.2) is 0 Å². The first-order valence-corrected chi connectivity index (χ1v) is 1.62. The Balaban J connectivity index is 2.20. The van der Waals surface area contributed by atoms with Gasteiger partial charge in [0.05, 0.1) is 12.2 Å². The van der Waals surface area contributed by atoms with Crippen molar-refractivity contribution in [1.82, 2.24) is 0 Å². The van der Waals surface area contributed by atoms with Gasteiger partial charge in [-0.3, -0.25) is 0 Å². The Morgan fingerprint density at radius 2 is 1.40 bits per heavy atom. The number of hydrogen-bond donors (Lipinski definition) is 0. The minimum Gasteiger partial charge on any atom is -0.370 e. The van der Waals surface area contributed by atoms with E-state index in [0.29, 0.717) is 0 Å². The molecule has 1 heteroatoms. The van der Waals surface area contributed by atoms with Crippen molar-refractivity contribution in [3.63, 3.8) is 0 Å². The summed E-state index contributed by atoms with van der Waals surface area (Å²) < 4.78 is 4.69. The molecule has 1 rings (SSSR count). The van der Waals surface area contributed by atoms with Crippen molar-refractivity contribution in [2.24, 2.45) is 0 Å². The average molecular weight is 70.1 g/mol. The highest BCUT2D eigenvalue weighted by atomic mass is 16.6. The van der Waals surface area contributed by atoms with E-state index in [-0.39, 0.29) is 12.2 Å². The predicted octanol–water partition coefficient (Wildman–Crippen LogP) is 0.422. The van der Waals surface area contributed by atoms with Crippen molar-refractivity contribution in [2.75, 3.05) is 0 Å². The molecule has 1 aliphatic heterocycles. The monoisotopic (exact) mass is 70.0 g/mol. The Bertz CT molecular complexity index is 36.9. The third kappa shape index (κ3) is 0.428. The summed E-state index contributed by atoms with van der Waals surface area (Å²) in [6.45, 7) is 7.09. The van der Waals surface area contributed by atoms with Gasteiger partial charge in [0.2, 0.25) is 0 Å². The largest absolute Gasteiger partial charge is 0.370 e. The Morgan fingerprint density at radius 1 is 1.20 bits per heavy atom. The SMILES string of the molecule is [CH2]C1OC1[CH2]. The molecule has 1 fully saturated rings. The van der Waals surface area contributed by atoms with Gasteiger partial charge in [-0.25, -0.2) is 0 Å². The van der Waals surface area contributed by atoms with Crippen LogP contribution in [0.3, 0.4) is 0 Å². The second kappa shape index (κ2) is 0.716. The van der Waals surface area contributed by atoms with Crippen LogP contribution in [0.4, 0.5) is 0 Å². The molecule has 5 heavy (non-hydrogen) atoms. The molecule has 2 atom stereocenters. The van der Waals surface area contributed by atoms with Gasteiger partial charge in [0.25, 0.3) is 0 Å². The lowest BCUT2D eigenvalue weighted by atomic mass is 10.4. The molecule has 1 aliphatic rings. The molecular weight excluding hydrogens is 64.0 g/mol. The van der Waals surface area contributed by atoms with Crippen LogP contribution in [-0.4, -0.2) is 12.2 Å². The quantitative estimate of drug-likeness (QED) is 0.376. The number of rotatable bonds is 0. The molecule has 0 aliphatic carbocycles. The molecule has 0 saturated carbocycles. The minimum atomic E-state index is 0.190. The zero-order chi connectivity index (χ0) is 3.86. The zero-order valence-electron chi connectivity index (χ0n) is 2.98. The molecule has 0 aromatic rings. The summed E-state index contributed by atoms with van der Waals surface area (Å²) in [5, 5.41) is 0. The van der Waals surface area contributed by atoms with Gasteiger partial charge in [-0.15, -0.1) is 0 Å². The maximum atomic E-state index is 4.69. The summed E-state index contributed by atoms with van der Waals surface area (Å²) in [6, 6.07) is 0. The van der Waals surface area contributed by atoms with E-state index in [1.165, 1.54) is 0 Å². The van der Waals surface area contributed by atoms with Gasteiger partial charge in [-0.1, -0.05) is 0 Å². The van der Waals surface area contributed by atoms with Crippen molar-refractivity contribution in [3.8, 4) is 0 Å². The van der Waals surface area contributed by atoms with Crippen LogP contribution in [0.1, 0.15) is 0 Å². The highest BCUT2D eigenvalue weighted by molar-refractivity contribution is 4.87. The lowest BCUT2D eigenvalue weighted by molar-refractivity contribution is 0.411. The number of epoxide rings is 1. The maximum Gasteiger partial charge on any atom is 0.0842 e. The fourth-order valence-electron chi connectivity index (χ4n) is 0.179. The summed E-state index contributed by atoms with van der Waals surface area (Å²) in [5.41, 5.74) is 0. The fraction of sp³-hybridized carbons (Fsp3) is 0.500. The molecule has 1 nitrogen and oxygen atoms in total. The van der Waals surface area contributed by atoms with Crippen LogP contribution in [-0.2, 0) is 4.74 Å². The van der Waals surface area contributed by atoms with Crippen LogP contribution in [0.5, 0.6) is 0 Å². The second-order valence-corrected chi connectivity index (χ2v) is 1.21. The third-order valence-corrected chi connectivity index (χ3v) is 0.688. The summed E-state index contributed by atoms with van der Waals surface area (Å²) in [4.78, 5) is 0. The highest BCUT2D eigenvalue weighted by Crippen LogP contribution is 2.17. The molecule has 0 N–H and O–H groups in total. The van der Waals surface area contributed by atoms with Crippen LogP contribution < -0.4 is 0 Å². The van der Waals surface area contributed by atoms with Crippen LogP contribution >= 0.6 is 0 Å². The Morgan fingerprint density at radius 3 is 1.40 bits per heavy atom. The van der Waals surface area contributed by atoms with Gasteiger partial charge in [-0.05, 0) is 13.8 Å². The number of ether oxygens (including phenoxy) is 1. The van der Waals surface area contributed by atoms with E-state index in [1.807, 2.05) is 0 Å². The van der Waals surface area contributed by atoms with E-state index in [2.05, 4.69) is 13.8 Å².